The van der Waals surface area contributed by atoms with Crippen LogP contribution < -0.4 is 0 Å². The average Bonchev–Trinajstić information content (AvgIpc) is 2.34. The molecule has 0 radical (unpaired) electrons. The first-order chi connectivity index (χ1) is 8.84. The first-order valence-electron chi connectivity index (χ1n) is 5.18. The van der Waals surface area contributed by atoms with Crippen molar-refractivity contribution in [3.8, 4) is 0 Å². The van der Waals surface area contributed by atoms with Gasteiger partial charge in [0.1, 0.15) is 5.56 Å². The van der Waals surface area contributed by atoms with Crippen LogP contribution in [0.2, 0.25) is 0 Å². The van der Waals surface area contributed by atoms with E-state index in [-0.39, 0.29) is 22.1 Å². The minimum atomic E-state index is -1.37. The molecule has 0 spiro atoms. The molecule has 0 unspecified atom stereocenters. The number of nitro benzene ring substituents is 1. The number of carboxylic acids is 1. The summed E-state index contributed by atoms with van der Waals surface area (Å²) in [5.41, 5.74) is -0.862. The van der Waals surface area contributed by atoms with E-state index in [9.17, 15) is 19.7 Å². The molecule has 19 heavy (non-hydrogen) atoms. The number of hydrogen-bond acceptors (Lipinski definition) is 5. The van der Waals surface area contributed by atoms with E-state index in [2.05, 4.69) is 0 Å². The Bertz CT molecular complexity index is 530. The van der Waals surface area contributed by atoms with E-state index in [0.717, 1.165) is 17.8 Å². The van der Waals surface area contributed by atoms with Crippen molar-refractivity contribution >= 4 is 29.3 Å². The van der Waals surface area contributed by atoms with Crippen molar-refractivity contribution in [1.29, 1.82) is 0 Å². The summed E-state index contributed by atoms with van der Waals surface area (Å²) < 4.78 is 0. The van der Waals surface area contributed by atoms with Crippen molar-refractivity contribution in [3.05, 3.63) is 33.9 Å². The quantitative estimate of drug-likeness (QED) is 0.499. The number of carbonyl (C=O) groups is 2. The zero-order valence-corrected chi connectivity index (χ0v) is 11.1. The molecule has 1 N–H and O–H groups in total. The van der Waals surface area contributed by atoms with Crippen molar-refractivity contribution in [2.24, 2.45) is 0 Å². The number of carbonyl (C=O) groups excluding carboxylic acids is 1. The molecule has 0 aliphatic heterocycles. The third kappa shape index (κ3) is 3.68. The summed E-state index contributed by atoms with van der Waals surface area (Å²) in [5.74, 6) is -1.56. The number of amides is 1. The fraction of sp³-hybridized carbons (Fsp3) is 0.273. The molecule has 0 fully saturated rings. The number of hydrogen-bond donors (Lipinski definition) is 1. The lowest BCUT2D eigenvalue weighted by molar-refractivity contribution is -0.388. The van der Waals surface area contributed by atoms with Crippen LogP contribution in [0.1, 0.15) is 10.4 Å². The van der Waals surface area contributed by atoms with Crippen molar-refractivity contribution in [2.75, 3.05) is 19.8 Å². The van der Waals surface area contributed by atoms with Gasteiger partial charge >= 0.3 is 5.97 Å². The number of aromatic carboxylic acids is 1. The van der Waals surface area contributed by atoms with Crippen LogP contribution in [-0.2, 0) is 4.79 Å². The van der Waals surface area contributed by atoms with Crippen LogP contribution in [-0.4, -0.2) is 46.7 Å². The molecule has 1 amide bonds. The number of thioether (sulfide) groups is 1. The van der Waals surface area contributed by atoms with E-state index in [0.29, 0.717) is 0 Å². The smallest absolute Gasteiger partial charge is 0.342 e. The minimum Gasteiger partial charge on any atom is -0.477 e. The van der Waals surface area contributed by atoms with Gasteiger partial charge in [-0.15, -0.1) is 11.8 Å². The highest BCUT2D eigenvalue weighted by atomic mass is 32.2. The Kier molecular flexibility index (Phi) is 4.87. The van der Waals surface area contributed by atoms with E-state index in [1.807, 2.05) is 0 Å². The van der Waals surface area contributed by atoms with Crippen molar-refractivity contribution < 1.29 is 19.6 Å². The largest absolute Gasteiger partial charge is 0.477 e. The molecule has 8 heteroatoms. The number of nitro groups is 1. The van der Waals surface area contributed by atoms with Gasteiger partial charge in [-0.1, -0.05) is 6.07 Å². The van der Waals surface area contributed by atoms with E-state index in [1.165, 1.54) is 17.0 Å². The number of rotatable bonds is 5. The summed E-state index contributed by atoms with van der Waals surface area (Å²) in [6, 6.07) is 4.01. The summed E-state index contributed by atoms with van der Waals surface area (Å²) in [7, 11) is 3.15. The first kappa shape index (κ1) is 15.0. The Balaban J connectivity index is 3.07. The first-order valence-corrected chi connectivity index (χ1v) is 6.16. The second-order valence-electron chi connectivity index (χ2n) is 3.79. The summed E-state index contributed by atoms with van der Waals surface area (Å²) in [6.07, 6.45) is 0. The van der Waals surface area contributed by atoms with E-state index < -0.39 is 16.6 Å². The topological polar surface area (TPSA) is 101 Å². The standard InChI is InChI=1S/C11H12N2O5S/c1-12(2)9(14)6-19-8-5-3-4-7(11(15)16)10(8)13(17)18/h3-5H,6H2,1-2H3,(H,15,16). The average molecular weight is 284 g/mol. The van der Waals surface area contributed by atoms with Crippen LogP contribution in [0.5, 0.6) is 0 Å². The van der Waals surface area contributed by atoms with Crippen LogP contribution in [0.25, 0.3) is 0 Å². The van der Waals surface area contributed by atoms with Gasteiger partial charge in [-0.3, -0.25) is 14.9 Å². The molecule has 1 aromatic carbocycles. The minimum absolute atomic E-state index is 0.0108. The normalized spacial score (nSPS) is 10.0. The van der Waals surface area contributed by atoms with Crippen molar-refractivity contribution in [1.82, 2.24) is 4.90 Å². The highest BCUT2D eigenvalue weighted by molar-refractivity contribution is 8.00. The van der Waals surface area contributed by atoms with Crippen LogP contribution in [0.15, 0.2) is 23.1 Å². The highest BCUT2D eigenvalue weighted by Crippen LogP contribution is 2.32. The Morgan fingerprint density at radius 2 is 2.05 bits per heavy atom. The highest BCUT2D eigenvalue weighted by Gasteiger charge is 2.24. The molecule has 0 bridgehead atoms. The third-order valence-corrected chi connectivity index (χ3v) is 3.29. The molecule has 1 rings (SSSR count). The maximum Gasteiger partial charge on any atom is 0.342 e. The van der Waals surface area contributed by atoms with Gasteiger partial charge in [-0.05, 0) is 12.1 Å². The molecular formula is C11H12N2O5S. The van der Waals surface area contributed by atoms with Gasteiger partial charge in [-0.25, -0.2) is 4.79 Å². The lowest BCUT2D eigenvalue weighted by atomic mass is 10.2. The second kappa shape index (κ2) is 6.19. The molecule has 0 aromatic heterocycles. The molecule has 7 nitrogen and oxygen atoms in total. The van der Waals surface area contributed by atoms with Crippen LogP contribution in [0.3, 0.4) is 0 Å². The maximum atomic E-state index is 11.4. The van der Waals surface area contributed by atoms with Gasteiger partial charge in [0.15, 0.2) is 0 Å². The molecule has 1 aromatic rings. The van der Waals surface area contributed by atoms with Gasteiger partial charge in [0.25, 0.3) is 5.69 Å². The monoisotopic (exact) mass is 284 g/mol. The van der Waals surface area contributed by atoms with Crippen molar-refractivity contribution in [2.45, 2.75) is 4.90 Å². The van der Waals surface area contributed by atoms with Gasteiger partial charge in [0.2, 0.25) is 5.91 Å². The Morgan fingerprint density at radius 3 is 2.53 bits per heavy atom. The van der Waals surface area contributed by atoms with E-state index in [4.69, 9.17) is 5.11 Å². The number of carboxylic acid groups (broad SMARTS) is 1. The summed E-state index contributed by atoms with van der Waals surface area (Å²) in [4.78, 5) is 34.1. The zero-order valence-electron chi connectivity index (χ0n) is 10.3. The van der Waals surface area contributed by atoms with Gasteiger partial charge < -0.3 is 10.0 Å². The predicted octanol–water partition coefficient (Wildman–Crippen LogP) is 1.47. The predicted molar refractivity (Wildman–Crippen MR) is 69.5 cm³/mol. The second-order valence-corrected chi connectivity index (χ2v) is 4.81. The van der Waals surface area contributed by atoms with E-state index in [1.54, 1.807) is 14.1 Å². The maximum absolute atomic E-state index is 11.4. The van der Waals surface area contributed by atoms with Crippen molar-refractivity contribution in [3.63, 3.8) is 0 Å². The third-order valence-electron chi connectivity index (χ3n) is 2.26. The summed E-state index contributed by atoms with van der Waals surface area (Å²) >= 11 is 0.947. The molecule has 0 atom stereocenters. The number of para-hydroxylation sites is 1. The molecule has 0 heterocycles. The van der Waals surface area contributed by atoms with Crippen LogP contribution >= 0.6 is 11.8 Å². The summed E-state index contributed by atoms with van der Waals surface area (Å²) in [6.45, 7) is 0. The lowest BCUT2D eigenvalue weighted by Crippen LogP contribution is -2.23. The van der Waals surface area contributed by atoms with Gasteiger partial charge in [0.05, 0.1) is 15.6 Å². The summed E-state index contributed by atoms with van der Waals surface area (Å²) in [5, 5.41) is 19.9. The number of nitrogens with zero attached hydrogens (tertiary/aromatic N) is 2. The Morgan fingerprint density at radius 1 is 1.42 bits per heavy atom. The molecular weight excluding hydrogens is 272 g/mol. The lowest BCUT2D eigenvalue weighted by Gasteiger charge is -2.10. The van der Waals surface area contributed by atoms with E-state index >= 15 is 0 Å². The fourth-order valence-electron chi connectivity index (χ4n) is 1.27. The Hall–Kier alpha value is -2.09. The molecule has 102 valence electrons. The molecule has 0 saturated heterocycles. The Labute approximate surface area is 113 Å². The van der Waals surface area contributed by atoms with Gasteiger partial charge in [-0.2, -0.15) is 0 Å². The SMILES string of the molecule is CN(C)C(=O)CSc1cccc(C(=O)O)c1[N+](=O)[O-]. The molecule has 0 aliphatic carbocycles. The van der Waals surface area contributed by atoms with Gasteiger partial charge in [0, 0.05) is 14.1 Å². The zero-order chi connectivity index (χ0) is 14.6. The van der Waals surface area contributed by atoms with Crippen LogP contribution in [0.4, 0.5) is 5.69 Å². The number of benzene rings is 1. The molecule has 0 aliphatic rings. The molecule has 0 saturated carbocycles. The van der Waals surface area contributed by atoms with Crippen LogP contribution in [0, 0.1) is 10.1 Å². The fourth-order valence-corrected chi connectivity index (χ4v) is 2.30.